The molecule has 2 aromatic heterocycles. The molecule has 54 heavy (non-hydrogen) atoms. The second-order valence-electron chi connectivity index (χ2n) is 17.5. The zero-order valence-corrected chi connectivity index (χ0v) is 36.1. The summed E-state index contributed by atoms with van der Waals surface area (Å²) in [6, 6.07) is 11.3. The molecule has 3 N–H and O–H groups in total. The van der Waals surface area contributed by atoms with Crippen LogP contribution in [-0.2, 0) is 12.8 Å². The van der Waals surface area contributed by atoms with Crippen molar-refractivity contribution in [2.45, 2.75) is 173 Å². The van der Waals surface area contributed by atoms with E-state index in [4.69, 9.17) is 11.6 Å². The van der Waals surface area contributed by atoms with Crippen molar-refractivity contribution < 1.29 is 15.3 Å². The smallest absolute Gasteiger partial charge is 0.0659 e. The number of halogens is 1. The number of rotatable bonds is 18. The third kappa shape index (κ3) is 11.1. The standard InChI is InChI=1S/C24H35NO2S.C23H35ClOS/c1-3-24(13-6-14-24)23(27)10-5-9-21-20(18(16-25)15-22(21)26)8-4-7-19-12-11-17(2)28-19;1-3-23(15-6-16-23)22(25)10-5-9-20-18(12-14-21(20)24)7-4-8-19-13-11-17(2)26-19/h5,9,11-12,18,20-23,26-27H,3-4,6-8,10,13-15H2,1-2H3;5,9,11,13,18,20-22,25H,3-4,6-8,10,12,14-16H2,1-2H3/b2*9-5+/t18-,20-,21+,22+,23?;18-,20+,21+,22?/m00/s1. The Morgan fingerprint density at radius 3 is 1.78 bits per heavy atom. The summed E-state index contributed by atoms with van der Waals surface area (Å²) >= 11 is 10.4. The van der Waals surface area contributed by atoms with Crippen LogP contribution in [0.2, 0.25) is 0 Å². The molecule has 7 heteroatoms. The number of hydrogen-bond acceptors (Lipinski definition) is 6. The van der Waals surface area contributed by atoms with Crippen LogP contribution in [0.5, 0.6) is 0 Å². The zero-order valence-electron chi connectivity index (χ0n) is 33.7. The second kappa shape index (κ2) is 20.8. The number of alkyl halides is 1. The number of nitriles is 1. The predicted molar refractivity (Wildman–Crippen MR) is 229 cm³/mol. The van der Waals surface area contributed by atoms with Gasteiger partial charge >= 0.3 is 0 Å². The first-order valence-electron chi connectivity index (χ1n) is 21.5. The summed E-state index contributed by atoms with van der Waals surface area (Å²) in [5.41, 5.74) is 0.324. The lowest BCUT2D eigenvalue weighted by molar-refractivity contribution is -0.0356. The Morgan fingerprint density at radius 2 is 1.33 bits per heavy atom. The first-order valence-corrected chi connectivity index (χ1v) is 23.6. The minimum atomic E-state index is -0.434. The summed E-state index contributed by atoms with van der Waals surface area (Å²) in [5.74, 6) is 1.41. The molecule has 4 nitrogen and oxygen atoms in total. The van der Waals surface area contributed by atoms with Crippen molar-refractivity contribution in [2.75, 3.05) is 0 Å². The Labute approximate surface area is 341 Å². The molecule has 4 aliphatic rings. The molecule has 2 heterocycles. The minimum Gasteiger partial charge on any atom is -0.392 e. The molecule has 6 rings (SSSR count). The van der Waals surface area contributed by atoms with E-state index in [-0.39, 0.29) is 46.2 Å². The van der Waals surface area contributed by atoms with Gasteiger partial charge in [-0.05, 0) is 176 Å². The maximum atomic E-state index is 10.6. The number of allylic oxidation sites excluding steroid dienone is 1. The highest BCUT2D eigenvalue weighted by Crippen LogP contribution is 2.49. The Bertz CT molecular complexity index is 1500. The van der Waals surface area contributed by atoms with Crippen molar-refractivity contribution in [1.29, 1.82) is 5.26 Å². The van der Waals surface area contributed by atoms with Gasteiger partial charge in [-0.15, -0.1) is 34.3 Å². The fraction of sp³-hybridized carbons (Fsp3) is 0.723. The topological polar surface area (TPSA) is 84.5 Å². The lowest BCUT2D eigenvalue weighted by Gasteiger charge is -2.45. The number of aliphatic hydroxyl groups excluding tert-OH is 3. The van der Waals surface area contributed by atoms with Crippen LogP contribution in [-0.4, -0.2) is 39.0 Å². The normalized spacial score (nSPS) is 29.7. The number of hydrogen-bond donors (Lipinski definition) is 3. The molecule has 0 radical (unpaired) electrons. The molecule has 0 aromatic carbocycles. The van der Waals surface area contributed by atoms with E-state index in [1.807, 2.05) is 22.7 Å². The van der Waals surface area contributed by atoms with Gasteiger partial charge in [-0.25, -0.2) is 0 Å². The van der Waals surface area contributed by atoms with E-state index in [2.05, 4.69) is 82.3 Å². The molecule has 4 fully saturated rings. The SMILES string of the molecule is CCC1(C(O)C/C=C/[C@@H]2[C@@H](CCCc3ccc(C)s3)CC[C@H]2Cl)CCC1.CCC1(C(O)C/C=C/[C@@H]2[C@@H](CCCc3ccc(C)s3)[C@H](C#N)C[C@H]2O)CCC1. The summed E-state index contributed by atoms with van der Waals surface area (Å²) < 4.78 is 0. The van der Waals surface area contributed by atoms with Gasteiger partial charge in [0.15, 0.2) is 0 Å². The van der Waals surface area contributed by atoms with E-state index in [1.54, 1.807) is 0 Å². The second-order valence-corrected chi connectivity index (χ2v) is 20.8. The number of aliphatic hydroxyl groups is 3. The predicted octanol–water partition coefficient (Wildman–Crippen LogP) is 12.3. The van der Waals surface area contributed by atoms with Crippen LogP contribution >= 0.6 is 34.3 Å². The number of aryl methyl sites for hydroxylation is 4. The van der Waals surface area contributed by atoms with E-state index < -0.39 is 6.10 Å². The van der Waals surface area contributed by atoms with Crippen molar-refractivity contribution >= 4 is 34.3 Å². The van der Waals surface area contributed by atoms with Gasteiger partial charge in [0.2, 0.25) is 0 Å². The van der Waals surface area contributed by atoms with Gasteiger partial charge in [0.1, 0.15) is 0 Å². The average Bonchev–Trinajstić information content (AvgIpc) is 3.89. The van der Waals surface area contributed by atoms with Gasteiger partial charge in [-0.1, -0.05) is 51.0 Å². The third-order valence-corrected chi connectivity index (χ3v) is 17.0. The van der Waals surface area contributed by atoms with Crippen molar-refractivity contribution in [2.24, 2.45) is 40.4 Å². The molecule has 0 spiro atoms. The van der Waals surface area contributed by atoms with E-state index in [1.165, 1.54) is 70.9 Å². The molecule has 0 aliphatic heterocycles. The molecular weight excluding hydrogens is 726 g/mol. The summed E-state index contributed by atoms with van der Waals surface area (Å²) in [6.45, 7) is 8.72. The van der Waals surface area contributed by atoms with Gasteiger partial charge < -0.3 is 15.3 Å². The molecule has 0 amide bonds. The highest BCUT2D eigenvalue weighted by molar-refractivity contribution is 7.12. The van der Waals surface area contributed by atoms with Gasteiger partial charge in [-0.2, -0.15) is 5.26 Å². The van der Waals surface area contributed by atoms with Gasteiger partial charge in [-0.3, -0.25) is 0 Å². The van der Waals surface area contributed by atoms with Crippen LogP contribution in [0.25, 0.3) is 0 Å². The number of thiophene rings is 2. The molecule has 2 aromatic rings. The lowest BCUT2D eigenvalue weighted by atomic mass is 9.63. The van der Waals surface area contributed by atoms with Crippen LogP contribution < -0.4 is 0 Å². The van der Waals surface area contributed by atoms with E-state index in [9.17, 15) is 20.6 Å². The van der Waals surface area contributed by atoms with Gasteiger partial charge in [0.25, 0.3) is 0 Å². The number of nitrogens with zero attached hydrogens (tertiary/aromatic N) is 1. The lowest BCUT2D eigenvalue weighted by Crippen LogP contribution is -2.40. The Kier molecular flexibility index (Phi) is 16.8. The van der Waals surface area contributed by atoms with Gasteiger partial charge in [0.05, 0.1) is 30.3 Å². The van der Waals surface area contributed by atoms with Crippen molar-refractivity contribution in [1.82, 2.24) is 0 Å². The Balaban J connectivity index is 0.000000208. The zero-order chi connectivity index (χ0) is 38.7. The monoisotopic (exact) mass is 795 g/mol. The average molecular weight is 797 g/mol. The quantitative estimate of drug-likeness (QED) is 0.104. The van der Waals surface area contributed by atoms with Crippen molar-refractivity contribution in [3.8, 4) is 6.07 Å². The Hall–Kier alpha value is -1.46. The summed E-state index contributed by atoms with van der Waals surface area (Å²) in [4.78, 5) is 5.68. The van der Waals surface area contributed by atoms with Crippen LogP contribution in [0.15, 0.2) is 48.6 Å². The highest BCUT2D eigenvalue weighted by Gasteiger charge is 2.43. The summed E-state index contributed by atoms with van der Waals surface area (Å²) in [5, 5.41) is 41.6. The van der Waals surface area contributed by atoms with Crippen molar-refractivity contribution in [3.63, 3.8) is 0 Å². The Morgan fingerprint density at radius 1 is 0.815 bits per heavy atom. The summed E-state index contributed by atoms with van der Waals surface area (Å²) in [7, 11) is 0. The minimum absolute atomic E-state index is 0.0425. The molecule has 300 valence electrons. The molecular formula is C47H70ClNO3S2. The summed E-state index contributed by atoms with van der Waals surface area (Å²) in [6.07, 6.45) is 28.4. The molecule has 4 aliphatic carbocycles. The van der Waals surface area contributed by atoms with E-state index >= 15 is 0 Å². The fourth-order valence-corrected chi connectivity index (χ4v) is 12.5. The third-order valence-electron chi connectivity index (χ3n) is 14.4. The fourth-order valence-electron chi connectivity index (χ4n) is 10.3. The van der Waals surface area contributed by atoms with Crippen LogP contribution in [0, 0.1) is 65.6 Å². The molecule has 4 saturated carbocycles. The van der Waals surface area contributed by atoms with Crippen LogP contribution in [0.3, 0.4) is 0 Å². The van der Waals surface area contributed by atoms with Crippen molar-refractivity contribution in [3.05, 3.63) is 68.1 Å². The molecule has 0 saturated heterocycles. The van der Waals surface area contributed by atoms with Gasteiger partial charge in [0, 0.05) is 30.8 Å². The highest BCUT2D eigenvalue weighted by atomic mass is 35.5. The van der Waals surface area contributed by atoms with E-state index in [0.29, 0.717) is 18.8 Å². The largest absolute Gasteiger partial charge is 0.392 e. The molecule has 2 unspecified atom stereocenters. The first kappa shape index (κ1) is 43.7. The van der Waals surface area contributed by atoms with Crippen LogP contribution in [0.4, 0.5) is 0 Å². The maximum Gasteiger partial charge on any atom is 0.0659 e. The maximum absolute atomic E-state index is 10.6. The van der Waals surface area contributed by atoms with E-state index in [0.717, 1.165) is 63.7 Å². The molecule has 9 atom stereocenters. The first-order chi connectivity index (χ1) is 26.0. The van der Waals surface area contributed by atoms with Crippen LogP contribution in [0.1, 0.15) is 143 Å². The molecule has 0 bridgehead atoms.